The number of halogens is 1. The van der Waals surface area contributed by atoms with Crippen LogP contribution in [0.15, 0.2) is 16.9 Å². The van der Waals surface area contributed by atoms with E-state index in [1.54, 1.807) is 50.3 Å². The van der Waals surface area contributed by atoms with Gasteiger partial charge in [0, 0.05) is 68.9 Å². The number of carboxylic acid groups (broad SMARTS) is 1. The number of likely N-dealkylation sites (N-methyl/N-ethyl adjacent to an activating group) is 3. The van der Waals surface area contributed by atoms with Crippen LogP contribution in [0.3, 0.4) is 0 Å². The molecule has 1 fully saturated rings. The number of primary amides is 1. The molecule has 380 valence electrons. The Morgan fingerprint density at radius 2 is 1.69 bits per heavy atom. The van der Waals surface area contributed by atoms with Crippen molar-refractivity contribution in [2.45, 2.75) is 115 Å². The van der Waals surface area contributed by atoms with Gasteiger partial charge >= 0.3 is 11.9 Å². The van der Waals surface area contributed by atoms with Gasteiger partial charge in [-0.1, -0.05) is 20.8 Å². The van der Waals surface area contributed by atoms with Gasteiger partial charge in [-0.25, -0.2) is 14.2 Å². The van der Waals surface area contributed by atoms with Gasteiger partial charge in [-0.2, -0.15) is 0 Å². The second kappa shape index (κ2) is 20.8. The van der Waals surface area contributed by atoms with E-state index < -0.39 is 94.9 Å². The van der Waals surface area contributed by atoms with Gasteiger partial charge in [0.2, 0.25) is 23.6 Å². The van der Waals surface area contributed by atoms with Crippen molar-refractivity contribution in [1.29, 1.82) is 0 Å². The summed E-state index contributed by atoms with van der Waals surface area (Å²) in [6.07, 6.45) is 0.945. The highest BCUT2D eigenvalue weighted by molar-refractivity contribution is 6.00. The number of rotatable bonds is 20. The van der Waals surface area contributed by atoms with Crippen LogP contribution in [0.1, 0.15) is 92.3 Å². The van der Waals surface area contributed by atoms with Crippen LogP contribution in [-0.4, -0.2) is 161 Å². The molecule has 0 radical (unpaired) electrons. The number of nitrogens with two attached hydrogens (primary N) is 3. The van der Waals surface area contributed by atoms with Gasteiger partial charge in [0.15, 0.2) is 0 Å². The summed E-state index contributed by atoms with van der Waals surface area (Å²) in [7, 11) is 5.52. The summed E-state index contributed by atoms with van der Waals surface area (Å²) in [5.41, 5.74) is 20.3. The van der Waals surface area contributed by atoms with Crippen molar-refractivity contribution in [2.75, 3.05) is 67.0 Å². The zero-order chi connectivity index (χ0) is 51.1. The smallest absolute Gasteiger partial charge is 0.326 e. The molecule has 6 atom stereocenters. The number of aryl methyl sites for hydroxylation is 1. The fourth-order valence-electron chi connectivity index (χ4n) is 11.0. The van der Waals surface area contributed by atoms with Crippen LogP contribution in [0, 0.1) is 18.7 Å². The van der Waals surface area contributed by atoms with Crippen molar-refractivity contribution in [3.8, 4) is 11.4 Å². The molecule has 1 aromatic carbocycles. The quantitative estimate of drug-likeness (QED) is 0.0647. The Kier molecular flexibility index (Phi) is 15.5. The van der Waals surface area contributed by atoms with E-state index in [2.05, 4.69) is 20.4 Å². The highest BCUT2D eigenvalue weighted by Crippen LogP contribution is 2.47. The van der Waals surface area contributed by atoms with Crippen LogP contribution < -0.4 is 33.4 Å². The van der Waals surface area contributed by atoms with Crippen molar-refractivity contribution in [3.63, 3.8) is 0 Å². The molecule has 1 unspecified atom stereocenters. The highest BCUT2D eigenvalue weighted by Gasteiger charge is 2.57. The zero-order valence-electron chi connectivity index (χ0n) is 41.2. The number of carbonyl (C=O) groups excluding carboxylic acids is 5. The Hall–Kier alpha value is -5.87. The van der Waals surface area contributed by atoms with Gasteiger partial charge in [0.25, 0.3) is 5.56 Å². The number of benzene rings is 1. The Balaban J connectivity index is 1.32. The minimum atomic E-state index is -1.90. The molecule has 0 saturated carbocycles. The summed E-state index contributed by atoms with van der Waals surface area (Å²) in [4.78, 5) is 110. The number of amides is 4. The lowest BCUT2D eigenvalue weighted by atomic mass is 9.68. The van der Waals surface area contributed by atoms with E-state index in [9.17, 15) is 33.9 Å². The Labute approximate surface area is 406 Å². The number of hydrogen-bond acceptors (Lipinski definition) is 14. The van der Waals surface area contributed by atoms with Crippen LogP contribution in [0.25, 0.3) is 22.3 Å². The van der Waals surface area contributed by atoms with Gasteiger partial charge in [-0.3, -0.25) is 33.7 Å². The van der Waals surface area contributed by atoms with Crippen molar-refractivity contribution in [1.82, 2.24) is 39.8 Å². The first-order valence-corrected chi connectivity index (χ1v) is 24.2. The number of nitrogens with zero attached hydrogens (tertiary/aromatic N) is 6. The van der Waals surface area contributed by atoms with Gasteiger partial charge < -0.3 is 56.9 Å². The molecular formula is C49H68FN11O9. The predicted octanol–water partition coefficient (Wildman–Crippen LogP) is 0.223. The number of aromatic nitrogens is 2. The third-order valence-corrected chi connectivity index (χ3v) is 15.0. The van der Waals surface area contributed by atoms with Crippen LogP contribution in [-0.2, 0) is 58.5 Å². The molecule has 2 aromatic heterocycles. The number of carbonyl (C=O) groups is 6. The monoisotopic (exact) mass is 974 g/mol. The molecule has 0 spiro atoms. The summed E-state index contributed by atoms with van der Waals surface area (Å²) in [5.74, 6) is -6.23. The lowest BCUT2D eigenvalue weighted by Gasteiger charge is -2.45. The number of esters is 1. The van der Waals surface area contributed by atoms with Crippen molar-refractivity contribution >= 4 is 46.5 Å². The largest absolute Gasteiger partial charge is 0.480 e. The van der Waals surface area contributed by atoms with E-state index in [0.717, 1.165) is 22.1 Å². The number of cyclic esters (lactones) is 1. The number of nitrogens with one attached hydrogen (secondary N) is 2. The molecule has 7 rings (SSSR count). The topological polar surface area (TPSA) is 282 Å². The predicted molar refractivity (Wildman–Crippen MR) is 258 cm³/mol. The second-order valence-electron chi connectivity index (χ2n) is 19.8. The average molecular weight is 974 g/mol. The molecule has 9 N–H and O–H groups in total. The van der Waals surface area contributed by atoms with E-state index >= 15 is 9.18 Å². The van der Waals surface area contributed by atoms with Gasteiger partial charge in [0.1, 0.15) is 42.0 Å². The fraction of sp³-hybridized carbons (Fsp3) is 0.592. The summed E-state index contributed by atoms with van der Waals surface area (Å²) in [6, 6.07) is -2.78. The lowest BCUT2D eigenvalue weighted by Crippen LogP contribution is -2.65. The van der Waals surface area contributed by atoms with Crippen LogP contribution in [0.4, 0.5) is 4.39 Å². The number of hydrogen-bond donors (Lipinski definition) is 6. The summed E-state index contributed by atoms with van der Waals surface area (Å²) < 4.78 is 22.9. The van der Waals surface area contributed by atoms with Gasteiger partial charge in [-0.05, 0) is 94.4 Å². The highest BCUT2D eigenvalue weighted by atomic mass is 19.1. The molecular weight excluding hydrogens is 906 g/mol. The van der Waals surface area contributed by atoms with Gasteiger partial charge in [-0.15, -0.1) is 0 Å². The molecule has 1 saturated heterocycles. The fourth-order valence-corrected chi connectivity index (χ4v) is 11.0. The molecule has 3 aromatic rings. The first-order chi connectivity index (χ1) is 33.2. The van der Waals surface area contributed by atoms with Crippen LogP contribution in [0.5, 0.6) is 0 Å². The first-order valence-electron chi connectivity index (χ1n) is 24.2. The van der Waals surface area contributed by atoms with E-state index in [-0.39, 0.29) is 50.2 Å². The normalized spacial score (nSPS) is 20.6. The second-order valence-corrected chi connectivity index (χ2v) is 19.8. The maximum Gasteiger partial charge on any atom is 0.326 e. The Morgan fingerprint density at radius 1 is 1.00 bits per heavy atom. The molecule has 4 aliphatic rings. The maximum absolute atomic E-state index is 15.5. The molecule has 0 bridgehead atoms. The number of ether oxygens (including phenoxy) is 1. The van der Waals surface area contributed by atoms with E-state index in [1.165, 1.54) is 11.0 Å². The van der Waals surface area contributed by atoms with Crippen LogP contribution >= 0.6 is 0 Å². The summed E-state index contributed by atoms with van der Waals surface area (Å²) >= 11 is 0. The Morgan fingerprint density at radius 3 is 2.33 bits per heavy atom. The van der Waals surface area contributed by atoms with E-state index in [0.29, 0.717) is 74.5 Å². The number of pyridine rings is 2. The molecule has 21 heteroatoms. The van der Waals surface area contributed by atoms with Crippen molar-refractivity contribution in [3.05, 3.63) is 61.7 Å². The summed E-state index contributed by atoms with van der Waals surface area (Å²) in [6.45, 7) is 9.60. The molecule has 70 heavy (non-hydrogen) atoms. The van der Waals surface area contributed by atoms with E-state index in [1.807, 2.05) is 14.1 Å². The lowest BCUT2D eigenvalue weighted by molar-refractivity contribution is -0.161. The number of aliphatic carboxylic acids is 1. The molecule has 4 amide bonds. The molecule has 3 aliphatic heterocycles. The average Bonchev–Trinajstić information content (AvgIpc) is 3.95. The third-order valence-electron chi connectivity index (χ3n) is 15.0. The zero-order valence-corrected chi connectivity index (χ0v) is 41.2. The number of fused-ring (bicyclic) bond motifs is 5. The minimum absolute atomic E-state index is 0.0657. The van der Waals surface area contributed by atoms with Gasteiger partial charge in [0.05, 0.1) is 35.4 Å². The molecule has 20 nitrogen and oxygen atoms in total. The Bertz CT molecular complexity index is 2660. The SMILES string of the molecule is CC[C@]1(C(C(=O)N[C@@H](CC(N)=O)C(=O)N2CCC[C@H]2C(=O)N[C@H](C(=O)O)C(C)C)N(C)CCN(C)CCN(C)CCN)C(=O)OCc2c1cc1n(c2=O)Cc2c-1nc1cc(F)c(C)c3c1c2[C@@H](N)CC3. The molecule has 5 heterocycles. The maximum atomic E-state index is 15.5. The summed E-state index contributed by atoms with van der Waals surface area (Å²) in [5, 5.41) is 15.8. The number of likely N-dealkylation sites (tertiary alicyclic amines) is 1. The first kappa shape index (κ1) is 52.0. The van der Waals surface area contributed by atoms with Crippen LogP contribution in [0.2, 0.25) is 0 Å². The third kappa shape index (κ3) is 9.52. The standard InChI is InChI=1S/C49H68FN11O9/c1-8-49(30-20-36-41-28(23-61(36)45(65)29(30)24-70-48(49)69)38-32(52)12-11-27-26(4)31(50)21-33(54-41)39(27)38)42(59(7)19-18-58(6)17-16-57(5)15-13-51)44(64)55-34(22-37(53)62)46(66)60-14-9-10-35(60)43(63)56-40(25(2)3)47(67)68/h20-21,25,32,34-35,40,42H,8-19,22-24,51-52H2,1-7H3,(H2,53,62)(H,55,64)(H,56,63)(H,67,68)/t32-,34-,35-,40-,42?,49-/m0/s1. The van der Waals surface area contributed by atoms with Crippen molar-refractivity contribution < 1.29 is 43.0 Å². The molecule has 1 aliphatic carbocycles. The van der Waals surface area contributed by atoms with Crippen molar-refractivity contribution in [2.24, 2.45) is 23.1 Å². The number of carboxylic acids is 1. The minimum Gasteiger partial charge on any atom is -0.480 e. The van der Waals surface area contributed by atoms with E-state index in [4.69, 9.17) is 26.9 Å².